The molecule has 1 unspecified atom stereocenters. The Morgan fingerprint density at radius 2 is 1.85 bits per heavy atom. The van der Waals surface area contributed by atoms with Crippen LogP contribution < -0.4 is 10.6 Å². The fourth-order valence-electron chi connectivity index (χ4n) is 2.14. The number of benzene rings is 1. The van der Waals surface area contributed by atoms with Crippen molar-refractivity contribution in [1.29, 1.82) is 0 Å². The Labute approximate surface area is 119 Å². The van der Waals surface area contributed by atoms with Gasteiger partial charge in [-0.25, -0.2) is 0 Å². The lowest BCUT2D eigenvalue weighted by Crippen LogP contribution is -2.35. The van der Waals surface area contributed by atoms with E-state index in [0.717, 1.165) is 23.5 Å². The number of rotatable bonds is 6. The molecule has 1 atom stereocenters. The zero-order chi connectivity index (χ0) is 14.4. The second-order valence-electron chi connectivity index (χ2n) is 4.97. The molecule has 1 heterocycles. The van der Waals surface area contributed by atoms with E-state index in [2.05, 4.69) is 15.6 Å². The second kappa shape index (κ2) is 6.39. The molecule has 3 N–H and O–H groups in total. The summed E-state index contributed by atoms with van der Waals surface area (Å²) in [6.45, 7) is 4.87. The van der Waals surface area contributed by atoms with Gasteiger partial charge in [0.25, 0.3) is 0 Å². The van der Waals surface area contributed by atoms with Crippen LogP contribution in [0, 0.1) is 0 Å². The van der Waals surface area contributed by atoms with Crippen LogP contribution in [-0.4, -0.2) is 23.2 Å². The number of nitrogens with one attached hydrogen (secondary N) is 2. The van der Waals surface area contributed by atoms with Gasteiger partial charge >= 0.3 is 0 Å². The van der Waals surface area contributed by atoms with E-state index in [1.165, 1.54) is 0 Å². The van der Waals surface area contributed by atoms with Crippen molar-refractivity contribution in [3.05, 3.63) is 54.4 Å². The number of aliphatic hydroxyl groups excluding tert-OH is 1. The molecule has 0 fully saturated rings. The van der Waals surface area contributed by atoms with E-state index in [9.17, 15) is 5.11 Å². The highest BCUT2D eigenvalue weighted by atomic mass is 16.3. The summed E-state index contributed by atoms with van der Waals surface area (Å²) >= 11 is 0. The maximum atomic E-state index is 9.77. The molecule has 0 saturated heterocycles. The molecule has 2 rings (SSSR count). The molecule has 4 nitrogen and oxygen atoms in total. The van der Waals surface area contributed by atoms with Crippen LogP contribution in [0.25, 0.3) is 0 Å². The van der Waals surface area contributed by atoms with E-state index in [1.54, 1.807) is 12.4 Å². The molecule has 0 aliphatic heterocycles. The molecule has 0 spiro atoms. The smallest absolute Gasteiger partial charge is 0.0828 e. The predicted molar refractivity (Wildman–Crippen MR) is 82.9 cm³/mol. The molecule has 0 amide bonds. The van der Waals surface area contributed by atoms with Crippen molar-refractivity contribution in [1.82, 2.24) is 4.98 Å². The van der Waals surface area contributed by atoms with Gasteiger partial charge in [-0.05, 0) is 25.5 Å². The van der Waals surface area contributed by atoms with Crippen molar-refractivity contribution in [2.45, 2.75) is 19.4 Å². The molecular formula is C16H21N3O. The van der Waals surface area contributed by atoms with E-state index >= 15 is 0 Å². The van der Waals surface area contributed by atoms with Gasteiger partial charge in [-0.2, -0.15) is 0 Å². The first-order valence-corrected chi connectivity index (χ1v) is 6.81. The normalized spacial score (nSPS) is 13.6. The first-order chi connectivity index (χ1) is 9.68. The third kappa shape index (κ3) is 3.27. The molecule has 0 bridgehead atoms. The fourth-order valence-corrected chi connectivity index (χ4v) is 2.14. The molecule has 1 aromatic carbocycles. The van der Waals surface area contributed by atoms with Gasteiger partial charge in [0.2, 0.25) is 0 Å². The standard InChI is InChI=1S/C16H21N3O/c1-3-18-14-9-15(11-17-10-14)19-16(2,12-20)13-7-5-4-6-8-13/h4-11,18-20H,3,12H2,1-2H3. The summed E-state index contributed by atoms with van der Waals surface area (Å²) in [4.78, 5) is 4.21. The van der Waals surface area contributed by atoms with E-state index in [-0.39, 0.29) is 6.61 Å². The van der Waals surface area contributed by atoms with Gasteiger partial charge in [-0.3, -0.25) is 4.98 Å². The van der Waals surface area contributed by atoms with Crippen molar-refractivity contribution in [3.63, 3.8) is 0 Å². The van der Waals surface area contributed by atoms with Gasteiger partial charge in [0.1, 0.15) is 0 Å². The van der Waals surface area contributed by atoms with Gasteiger partial charge in [0, 0.05) is 6.54 Å². The Kier molecular flexibility index (Phi) is 4.58. The first-order valence-electron chi connectivity index (χ1n) is 6.81. The summed E-state index contributed by atoms with van der Waals surface area (Å²) in [6, 6.07) is 11.9. The monoisotopic (exact) mass is 271 g/mol. The van der Waals surface area contributed by atoms with Crippen LogP contribution in [0.15, 0.2) is 48.8 Å². The predicted octanol–water partition coefficient (Wildman–Crippen LogP) is 2.83. The maximum Gasteiger partial charge on any atom is 0.0828 e. The molecule has 1 aromatic heterocycles. The number of anilines is 2. The van der Waals surface area contributed by atoms with Gasteiger partial charge in [0.15, 0.2) is 0 Å². The minimum absolute atomic E-state index is 0.00243. The van der Waals surface area contributed by atoms with Crippen molar-refractivity contribution in [3.8, 4) is 0 Å². The molecular weight excluding hydrogens is 250 g/mol. The van der Waals surface area contributed by atoms with E-state index in [1.807, 2.05) is 50.2 Å². The van der Waals surface area contributed by atoms with Crippen LogP contribution in [0.2, 0.25) is 0 Å². The Morgan fingerprint density at radius 1 is 1.15 bits per heavy atom. The lowest BCUT2D eigenvalue weighted by atomic mass is 9.92. The maximum absolute atomic E-state index is 9.77. The average molecular weight is 271 g/mol. The molecule has 0 radical (unpaired) electrons. The van der Waals surface area contributed by atoms with Gasteiger partial charge < -0.3 is 15.7 Å². The topological polar surface area (TPSA) is 57.2 Å². The van der Waals surface area contributed by atoms with Crippen LogP contribution in [0.1, 0.15) is 19.4 Å². The highest BCUT2D eigenvalue weighted by Gasteiger charge is 2.25. The Balaban J connectivity index is 2.24. The van der Waals surface area contributed by atoms with Gasteiger partial charge in [-0.15, -0.1) is 0 Å². The molecule has 0 saturated carbocycles. The number of aromatic nitrogens is 1. The van der Waals surface area contributed by atoms with Crippen molar-refractivity contribution in [2.24, 2.45) is 0 Å². The van der Waals surface area contributed by atoms with Crippen molar-refractivity contribution in [2.75, 3.05) is 23.8 Å². The number of nitrogens with zero attached hydrogens (tertiary/aromatic N) is 1. The number of hydrogen-bond donors (Lipinski definition) is 3. The largest absolute Gasteiger partial charge is 0.394 e. The minimum atomic E-state index is -0.534. The zero-order valence-electron chi connectivity index (χ0n) is 11.9. The fraction of sp³-hybridized carbons (Fsp3) is 0.312. The molecule has 106 valence electrons. The quantitative estimate of drug-likeness (QED) is 0.756. The minimum Gasteiger partial charge on any atom is -0.394 e. The van der Waals surface area contributed by atoms with Gasteiger partial charge in [0.05, 0.1) is 35.9 Å². The first kappa shape index (κ1) is 14.3. The zero-order valence-corrected chi connectivity index (χ0v) is 11.9. The number of hydrogen-bond acceptors (Lipinski definition) is 4. The Morgan fingerprint density at radius 3 is 2.50 bits per heavy atom. The highest BCUT2D eigenvalue weighted by molar-refractivity contribution is 5.56. The van der Waals surface area contributed by atoms with Crippen LogP contribution >= 0.6 is 0 Å². The van der Waals surface area contributed by atoms with Crippen LogP contribution in [0.5, 0.6) is 0 Å². The lowest BCUT2D eigenvalue weighted by Gasteiger charge is -2.30. The van der Waals surface area contributed by atoms with Crippen LogP contribution in [-0.2, 0) is 5.54 Å². The molecule has 0 aliphatic carbocycles. The SMILES string of the molecule is CCNc1cncc(NC(C)(CO)c2ccccc2)c1. The summed E-state index contributed by atoms with van der Waals surface area (Å²) in [5.74, 6) is 0. The Bertz CT molecular complexity index is 544. The molecule has 4 heteroatoms. The summed E-state index contributed by atoms with van der Waals surface area (Å²) < 4.78 is 0. The van der Waals surface area contributed by atoms with E-state index in [0.29, 0.717) is 0 Å². The highest BCUT2D eigenvalue weighted by Crippen LogP contribution is 2.26. The summed E-state index contributed by atoms with van der Waals surface area (Å²) in [5, 5.41) is 16.4. The summed E-state index contributed by atoms with van der Waals surface area (Å²) in [7, 11) is 0. The molecule has 2 aromatic rings. The second-order valence-corrected chi connectivity index (χ2v) is 4.97. The molecule has 0 aliphatic rings. The van der Waals surface area contributed by atoms with E-state index in [4.69, 9.17) is 0 Å². The number of pyridine rings is 1. The third-order valence-electron chi connectivity index (χ3n) is 3.27. The number of aliphatic hydroxyl groups is 1. The Hall–Kier alpha value is -2.07. The van der Waals surface area contributed by atoms with Crippen LogP contribution in [0.4, 0.5) is 11.4 Å². The lowest BCUT2D eigenvalue weighted by molar-refractivity contribution is 0.224. The average Bonchev–Trinajstić information content (AvgIpc) is 2.49. The van der Waals surface area contributed by atoms with Crippen molar-refractivity contribution < 1.29 is 5.11 Å². The summed E-state index contributed by atoms with van der Waals surface area (Å²) in [6.07, 6.45) is 3.55. The summed E-state index contributed by atoms with van der Waals surface area (Å²) in [5.41, 5.74) is 2.35. The van der Waals surface area contributed by atoms with Gasteiger partial charge in [-0.1, -0.05) is 30.3 Å². The van der Waals surface area contributed by atoms with Crippen molar-refractivity contribution >= 4 is 11.4 Å². The molecule has 20 heavy (non-hydrogen) atoms. The van der Waals surface area contributed by atoms with E-state index < -0.39 is 5.54 Å². The third-order valence-corrected chi connectivity index (χ3v) is 3.27. The van der Waals surface area contributed by atoms with Crippen LogP contribution in [0.3, 0.4) is 0 Å².